The Balaban J connectivity index is 2.30. The van der Waals surface area contributed by atoms with Crippen LogP contribution < -0.4 is 4.72 Å². The minimum Gasteiger partial charge on any atom is -0.207 e. The molecule has 0 aliphatic rings. The molecule has 1 atom stereocenters. The Morgan fingerprint density at radius 3 is 1.88 bits per heavy atom. The summed E-state index contributed by atoms with van der Waals surface area (Å²) in [7, 11) is -4.55. The summed E-state index contributed by atoms with van der Waals surface area (Å²) in [6.45, 7) is 1.32. The lowest BCUT2D eigenvalue weighted by molar-refractivity contribution is -0.140. The van der Waals surface area contributed by atoms with Crippen molar-refractivity contribution in [3.8, 4) is 0 Å². The maximum Gasteiger partial charge on any atom is 0.417 e. The molecule has 0 saturated carbocycles. The lowest BCUT2D eigenvalue weighted by atomic mass is 10.1. The van der Waals surface area contributed by atoms with Gasteiger partial charge in [-0.25, -0.2) is 13.1 Å². The number of hydrogen-bond acceptors (Lipinski definition) is 2. The van der Waals surface area contributed by atoms with E-state index in [0.717, 1.165) is 42.5 Å². The van der Waals surface area contributed by atoms with Gasteiger partial charge >= 0.3 is 12.4 Å². The molecule has 0 aliphatic heterocycles. The van der Waals surface area contributed by atoms with Crippen LogP contribution in [0.5, 0.6) is 0 Å². The lowest BCUT2D eigenvalue weighted by Crippen LogP contribution is -2.29. The predicted molar refractivity (Wildman–Crippen MR) is 81.6 cm³/mol. The highest BCUT2D eigenvalue weighted by molar-refractivity contribution is 7.89. The summed E-state index contributed by atoms with van der Waals surface area (Å²) in [4.78, 5) is -0.953. The molecule has 0 bridgehead atoms. The molecule has 142 valence electrons. The molecule has 1 N–H and O–H groups in total. The Labute approximate surface area is 145 Å². The van der Waals surface area contributed by atoms with Gasteiger partial charge in [0, 0.05) is 6.04 Å². The van der Waals surface area contributed by atoms with Crippen molar-refractivity contribution in [3.05, 3.63) is 65.2 Å². The molecule has 1 unspecified atom stereocenters. The number of halogens is 6. The van der Waals surface area contributed by atoms with Crippen molar-refractivity contribution in [2.45, 2.75) is 30.2 Å². The predicted octanol–water partition coefficient (Wildman–Crippen LogP) is 4.76. The van der Waals surface area contributed by atoms with Crippen LogP contribution in [0, 0.1) is 0 Å². The van der Waals surface area contributed by atoms with Gasteiger partial charge in [0.2, 0.25) is 10.0 Å². The second-order valence-electron chi connectivity index (χ2n) is 5.46. The van der Waals surface area contributed by atoms with Crippen LogP contribution in [0.2, 0.25) is 0 Å². The van der Waals surface area contributed by atoms with Crippen molar-refractivity contribution in [2.75, 3.05) is 0 Å². The second kappa shape index (κ2) is 6.92. The second-order valence-corrected chi connectivity index (χ2v) is 7.14. The topological polar surface area (TPSA) is 46.2 Å². The van der Waals surface area contributed by atoms with Crippen LogP contribution in [0.15, 0.2) is 53.4 Å². The van der Waals surface area contributed by atoms with E-state index in [2.05, 4.69) is 4.72 Å². The van der Waals surface area contributed by atoms with Crippen LogP contribution in [0.25, 0.3) is 0 Å². The van der Waals surface area contributed by atoms with Gasteiger partial charge in [-0.05, 0) is 36.8 Å². The zero-order valence-corrected chi connectivity index (χ0v) is 14.0. The van der Waals surface area contributed by atoms with Gasteiger partial charge < -0.3 is 0 Å². The first kappa shape index (κ1) is 20.2. The number of rotatable bonds is 4. The summed E-state index contributed by atoms with van der Waals surface area (Å²) in [5.41, 5.74) is -2.07. The lowest BCUT2D eigenvalue weighted by Gasteiger charge is -2.18. The number of nitrogens with one attached hydrogen (secondary N) is 1. The largest absolute Gasteiger partial charge is 0.417 e. The van der Waals surface area contributed by atoms with Gasteiger partial charge in [0.05, 0.1) is 16.0 Å². The van der Waals surface area contributed by atoms with Crippen LogP contribution in [-0.4, -0.2) is 8.42 Å². The van der Waals surface area contributed by atoms with Gasteiger partial charge in [0.1, 0.15) is 0 Å². The molecule has 26 heavy (non-hydrogen) atoms. The highest BCUT2D eigenvalue weighted by Gasteiger charge is 2.37. The molecule has 10 heteroatoms. The molecule has 0 aliphatic carbocycles. The van der Waals surface area contributed by atoms with Gasteiger partial charge in [-0.1, -0.05) is 24.3 Å². The van der Waals surface area contributed by atoms with Gasteiger partial charge in [0.25, 0.3) is 0 Å². The van der Waals surface area contributed by atoms with Gasteiger partial charge in [-0.2, -0.15) is 26.3 Å². The SMILES string of the molecule is CC(NS(=O)(=O)c1ccccc1C(F)(F)F)c1ccc(C(F)(F)F)cc1. The highest BCUT2D eigenvalue weighted by atomic mass is 32.2. The van der Waals surface area contributed by atoms with E-state index in [1.54, 1.807) is 0 Å². The van der Waals surface area contributed by atoms with Gasteiger partial charge in [-0.3, -0.25) is 0 Å². The van der Waals surface area contributed by atoms with Crippen molar-refractivity contribution in [1.82, 2.24) is 4.72 Å². The normalized spacial score (nSPS) is 14.3. The third-order valence-electron chi connectivity index (χ3n) is 3.55. The minimum atomic E-state index is -4.87. The Morgan fingerprint density at radius 1 is 0.846 bits per heavy atom. The first-order chi connectivity index (χ1) is 11.8. The smallest absolute Gasteiger partial charge is 0.207 e. The molecular weight excluding hydrogens is 384 g/mol. The monoisotopic (exact) mass is 397 g/mol. The Morgan fingerprint density at radius 2 is 1.38 bits per heavy atom. The quantitative estimate of drug-likeness (QED) is 0.756. The number of sulfonamides is 1. The van der Waals surface area contributed by atoms with E-state index >= 15 is 0 Å². The zero-order valence-electron chi connectivity index (χ0n) is 13.2. The summed E-state index contributed by atoms with van der Waals surface area (Å²) in [5, 5.41) is 0. The Hall–Kier alpha value is -2.07. The Kier molecular flexibility index (Phi) is 5.39. The number of benzene rings is 2. The fourth-order valence-electron chi connectivity index (χ4n) is 2.26. The molecule has 0 radical (unpaired) electrons. The maximum absolute atomic E-state index is 13.0. The minimum absolute atomic E-state index is 0.172. The third kappa shape index (κ3) is 4.55. The summed E-state index contributed by atoms with van der Waals surface area (Å²) in [6.07, 6.45) is -9.42. The van der Waals surface area contributed by atoms with E-state index in [1.165, 1.54) is 6.92 Å². The summed E-state index contributed by atoms with van der Waals surface area (Å²) < 4.78 is 103. The molecule has 0 amide bonds. The van der Waals surface area contributed by atoms with Crippen molar-refractivity contribution >= 4 is 10.0 Å². The van der Waals surface area contributed by atoms with Crippen molar-refractivity contribution in [2.24, 2.45) is 0 Å². The van der Waals surface area contributed by atoms with Crippen LogP contribution >= 0.6 is 0 Å². The highest BCUT2D eigenvalue weighted by Crippen LogP contribution is 2.34. The Bertz CT molecular complexity index is 873. The van der Waals surface area contributed by atoms with E-state index in [9.17, 15) is 34.8 Å². The van der Waals surface area contributed by atoms with Crippen molar-refractivity contribution in [3.63, 3.8) is 0 Å². The summed E-state index contributed by atoms with van der Waals surface area (Å²) in [6, 6.07) is 6.27. The molecule has 2 aromatic carbocycles. The van der Waals surface area contributed by atoms with E-state index < -0.39 is 44.4 Å². The molecule has 0 fully saturated rings. The van der Waals surface area contributed by atoms with Crippen molar-refractivity contribution < 1.29 is 34.8 Å². The number of alkyl halides is 6. The molecule has 0 saturated heterocycles. The average Bonchev–Trinajstić information content (AvgIpc) is 2.53. The average molecular weight is 397 g/mol. The molecule has 2 aromatic rings. The zero-order chi connectivity index (χ0) is 19.8. The van der Waals surface area contributed by atoms with Crippen LogP contribution in [0.3, 0.4) is 0 Å². The molecular formula is C16H13F6NO2S. The standard InChI is InChI=1S/C16H13F6NO2S/c1-10(11-6-8-12(9-7-11)15(17,18)19)23-26(24,25)14-5-3-2-4-13(14)16(20,21)22/h2-10,23H,1H3. The fraction of sp³-hybridized carbons (Fsp3) is 0.250. The van der Waals surface area contributed by atoms with E-state index in [0.29, 0.717) is 6.07 Å². The summed E-state index contributed by atoms with van der Waals surface area (Å²) >= 11 is 0. The van der Waals surface area contributed by atoms with Crippen molar-refractivity contribution in [1.29, 1.82) is 0 Å². The first-order valence-corrected chi connectivity index (χ1v) is 8.66. The van der Waals surface area contributed by atoms with Gasteiger partial charge in [-0.15, -0.1) is 0 Å². The fourth-order valence-corrected chi connectivity index (χ4v) is 3.72. The molecule has 3 nitrogen and oxygen atoms in total. The molecule has 0 heterocycles. The van der Waals surface area contributed by atoms with E-state index in [4.69, 9.17) is 0 Å². The summed E-state index contributed by atoms with van der Waals surface area (Å²) in [5.74, 6) is 0. The molecule has 0 aromatic heterocycles. The van der Waals surface area contributed by atoms with Crippen LogP contribution in [0.1, 0.15) is 29.7 Å². The third-order valence-corrected chi connectivity index (χ3v) is 5.15. The number of hydrogen-bond donors (Lipinski definition) is 1. The maximum atomic E-state index is 13.0. The van der Waals surface area contributed by atoms with Crippen LogP contribution in [-0.2, 0) is 22.4 Å². The first-order valence-electron chi connectivity index (χ1n) is 7.18. The van der Waals surface area contributed by atoms with Crippen LogP contribution in [0.4, 0.5) is 26.3 Å². The van der Waals surface area contributed by atoms with E-state index in [1.807, 2.05) is 0 Å². The molecule has 2 rings (SSSR count). The van der Waals surface area contributed by atoms with Gasteiger partial charge in [0.15, 0.2) is 0 Å². The van der Waals surface area contributed by atoms with E-state index in [-0.39, 0.29) is 5.56 Å². The molecule has 0 spiro atoms.